The van der Waals surface area contributed by atoms with Gasteiger partial charge in [0.15, 0.2) is 6.61 Å². The predicted molar refractivity (Wildman–Crippen MR) is 124 cm³/mol. The van der Waals surface area contributed by atoms with Crippen molar-refractivity contribution in [1.82, 2.24) is 10.2 Å². The molecule has 0 aliphatic carbocycles. The summed E-state index contributed by atoms with van der Waals surface area (Å²) in [5.41, 5.74) is 0.586. The Kier molecular flexibility index (Phi) is 9.04. The molecule has 2 amide bonds. The Morgan fingerprint density at radius 1 is 1.07 bits per heavy atom. The summed E-state index contributed by atoms with van der Waals surface area (Å²) in [4.78, 5) is 27.0. The summed E-state index contributed by atoms with van der Waals surface area (Å²) in [6.45, 7) is 5.29. The highest BCUT2D eigenvalue weighted by Crippen LogP contribution is 2.26. The van der Waals surface area contributed by atoms with E-state index in [0.29, 0.717) is 21.4 Å². The summed E-state index contributed by atoms with van der Waals surface area (Å²) in [6.07, 6.45) is 0. The summed E-state index contributed by atoms with van der Waals surface area (Å²) in [5, 5.41) is 3.70. The lowest BCUT2D eigenvalue weighted by Gasteiger charge is -2.30. The molecule has 2 aromatic rings. The quantitative estimate of drug-likeness (QED) is 0.476. The minimum Gasteiger partial charge on any atom is -0.484 e. The highest BCUT2D eigenvalue weighted by atomic mass is 127. The monoisotopic (exact) mass is 548 g/mol. The molecule has 156 valence electrons. The standard InChI is InChI=1S/C21H23Cl2IN2O3/c1-13(2)25-21(28)14(3)26(11-17-18(22)5-4-6-19(17)23)20(27)12-29-16-9-7-15(24)8-10-16/h4-10,13-14H,11-12H2,1-3H3,(H,25,28)/t14-/m0/s1. The van der Waals surface area contributed by atoms with Crippen molar-refractivity contribution in [3.8, 4) is 5.75 Å². The number of amides is 2. The van der Waals surface area contributed by atoms with Gasteiger partial charge in [-0.05, 0) is 79.8 Å². The van der Waals surface area contributed by atoms with Crippen LogP contribution in [0.15, 0.2) is 42.5 Å². The fraction of sp³-hybridized carbons (Fsp3) is 0.333. The molecule has 2 rings (SSSR count). The predicted octanol–water partition coefficient (Wildman–Crippen LogP) is 4.92. The molecule has 5 nitrogen and oxygen atoms in total. The van der Waals surface area contributed by atoms with Crippen LogP contribution in [0.4, 0.5) is 0 Å². The molecule has 0 saturated heterocycles. The second-order valence-corrected chi connectivity index (χ2v) is 8.86. The van der Waals surface area contributed by atoms with Crippen LogP contribution in [0, 0.1) is 3.57 Å². The summed E-state index contributed by atoms with van der Waals surface area (Å²) < 4.78 is 6.69. The van der Waals surface area contributed by atoms with Gasteiger partial charge in [0.25, 0.3) is 5.91 Å². The number of nitrogens with one attached hydrogen (secondary N) is 1. The molecular weight excluding hydrogens is 526 g/mol. The maximum Gasteiger partial charge on any atom is 0.261 e. The van der Waals surface area contributed by atoms with Crippen molar-refractivity contribution in [1.29, 1.82) is 0 Å². The highest BCUT2D eigenvalue weighted by Gasteiger charge is 2.28. The van der Waals surface area contributed by atoms with E-state index in [1.54, 1.807) is 37.3 Å². The topological polar surface area (TPSA) is 58.6 Å². The molecule has 2 aromatic carbocycles. The largest absolute Gasteiger partial charge is 0.484 e. The number of hydrogen-bond acceptors (Lipinski definition) is 3. The number of ether oxygens (including phenoxy) is 1. The Morgan fingerprint density at radius 2 is 1.66 bits per heavy atom. The molecule has 0 aromatic heterocycles. The minimum atomic E-state index is -0.724. The first-order valence-corrected chi connectivity index (χ1v) is 10.9. The molecule has 0 spiro atoms. The van der Waals surface area contributed by atoms with Gasteiger partial charge in [-0.15, -0.1) is 0 Å². The zero-order valence-electron chi connectivity index (χ0n) is 16.4. The Hall–Kier alpha value is -1.51. The van der Waals surface area contributed by atoms with Gasteiger partial charge >= 0.3 is 0 Å². The van der Waals surface area contributed by atoms with Crippen LogP contribution in [-0.4, -0.2) is 35.4 Å². The number of halogens is 3. The van der Waals surface area contributed by atoms with Crippen LogP contribution in [0.2, 0.25) is 10.0 Å². The fourth-order valence-electron chi connectivity index (χ4n) is 2.60. The molecule has 29 heavy (non-hydrogen) atoms. The lowest BCUT2D eigenvalue weighted by atomic mass is 10.1. The molecule has 1 N–H and O–H groups in total. The van der Waals surface area contributed by atoms with Crippen LogP contribution in [0.25, 0.3) is 0 Å². The van der Waals surface area contributed by atoms with E-state index in [0.717, 1.165) is 3.57 Å². The van der Waals surface area contributed by atoms with Crippen molar-refractivity contribution >= 4 is 57.6 Å². The van der Waals surface area contributed by atoms with E-state index in [1.165, 1.54) is 4.90 Å². The Labute approximate surface area is 194 Å². The molecule has 1 atom stereocenters. The average Bonchev–Trinajstić information content (AvgIpc) is 2.66. The van der Waals surface area contributed by atoms with Gasteiger partial charge in [0.2, 0.25) is 5.91 Å². The molecule has 0 bridgehead atoms. The van der Waals surface area contributed by atoms with Crippen molar-refractivity contribution in [2.24, 2.45) is 0 Å². The fourth-order valence-corrected chi connectivity index (χ4v) is 3.48. The minimum absolute atomic E-state index is 0.0474. The average molecular weight is 549 g/mol. The van der Waals surface area contributed by atoms with Gasteiger partial charge < -0.3 is 15.0 Å². The van der Waals surface area contributed by atoms with E-state index in [-0.39, 0.29) is 31.0 Å². The SMILES string of the molecule is CC(C)NC(=O)[C@H](C)N(Cc1c(Cl)cccc1Cl)C(=O)COc1ccc(I)cc1. The lowest BCUT2D eigenvalue weighted by Crippen LogP contribution is -2.50. The molecule has 0 saturated carbocycles. The second-order valence-electron chi connectivity index (χ2n) is 6.80. The summed E-state index contributed by atoms with van der Waals surface area (Å²) in [6, 6.07) is 11.7. The third-order valence-electron chi connectivity index (χ3n) is 4.16. The highest BCUT2D eigenvalue weighted by molar-refractivity contribution is 14.1. The van der Waals surface area contributed by atoms with Gasteiger partial charge in [0, 0.05) is 31.8 Å². The summed E-state index contributed by atoms with van der Waals surface area (Å²) in [5.74, 6) is -0.0227. The maximum atomic E-state index is 13.0. The Balaban J connectivity index is 2.21. The third-order valence-corrected chi connectivity index (χ3v) is 5.59. The number of benzene rings is 2. The van der Waals surface area contributed by atoms with Gasteiger partial charge in [0.1, 0.15) is 11.8 Å². The van der Waals surface area contributed by atoms with Gasteiger partial charge in [0.05, 0.1) is 0 Å². The van der Waals surface area contributed by atoms with E-state index in [2.05, 4.69) is 27.9 Å². The lowest BCUT2D eigenvalue weighted by molar-refractivity contribution is -0.142. The Morgan fingerprint density at radius 3 is 2.21 bits per heavy atom. The number of hydrogen-bond donors (Lipinski definition) is 1. The van der Waals surface area contributed by atoms with Crippen molar-refractivity contribution in [3.63, 3.8) is 0 Å². The first-order valence-electron chi connectivity index (χ1n) is 9.10. The summed E-state index contributed by atoms with van der Waals surface area (Å²) in [7, 11) is 0. The van der Waals surface area contributed by atoms with Crippen molar-refractivity contribution in [2.45, 2.75) is 39.4 Å². The zero-order valence-corrected chi connectivity index (χ0v) is 20.1. The van der Waals surface area contributed by atoms with Crippen LogP contribution in [0.5, 0.6) is 5.75 Å². The zero-order chi connectivity index (χ0) is 21.6. The molecular formula is C21H23Cl2IN2O3. The summed E-state index contributed by atoms with van der Waals surface area (Å²) >= 11 is 14.8. The third kappa shape index (κ3) is 7.04. The Bertz CT molecular complexity index is 839. The van der Waals surface area contributed by atoms with Crippen LogP contribution in [-0.2, 0) is 16.1 Å². The number of carbonyl (C=O) groups excluding carboxylic acids is 2. The van der Waals surface area contributed by atoms with E-state index >= 15 is 0 Å². The molecule has 0 fully saturated rings. The van der Waals surface area contributed by atoms with E-state index in [4.69, 9.17) is 27.9 Å². The van der Waals surface area contributed by atoms with E-state index < -0.39 is 6.04 Å². The van der Waals surface area contributed by atoms with Crippen molar-refractivity contribution in [3.05, 3.63) is 61.6 Å². The molecule has 0 unspecified atom stereocenters. The maximum absolute atomic E-state index is 13.0. The van der Waals surface area contributed by atoms with Crippen LogP contribution >= 0.6 is 45.8 Å². The van der Waals surface area contributed by atoms with Crippen LogP contribution in [0.3, 0.4) is 0 Å². The molecule has 0 heterocycles. The van der Waals surface area contributed by atoms with Gasteiger partial charge in [-0.25, -0.2) is 0 Å². The normalized spacial score (nSPS) is 11.8. The van der Waals surface area contributed by atoms with Gasteiger partial charge in [-0.1, -0.05) is 29.3 Å². The number of nitrogens with zero attached hydrogens (tertiary/aromatic N) is 1. The molecule has 8 heteroatoms. The first-order chi connectivity index (χ1) is 13.7. The molecule has 0 aliphatic rings. The smallest absolute Gasteiger partial charge is 0.261 e. The number of carbonyl (C=O) groups is 2. The first kappa shape index (κ1) is 23.8. The van der Waals surface area contributed by atoms with Gasteiger partial charge in [-0.3, -0.25) is 9.59 Å². The molecule has 0 aliphatic heterocycles. The van der Waals surface area contributed by atoms with E-state index in [1.807, 2.05) is 26.0 Å². The molecule has 0 radical (unpaired) electrons. The van der Waals surface area contributed by atoms with Crippen LogP contribution < -0.4 is 10.1 Å². The van der Waals surface area contributed by atoms with Crippen LogP contribution in [0.1, 0.15) is 26.3 Å². The van der Waals surface area contributed by atoms with Crippen molar-refractivity contribution in [2.75, 3.05) is 6.61 Å². The number of rotatable bonds is 8. The van der Waals surface area contributed by atoms with E-state index in [9.17, 15) is 9.59 Å². The van der Waals surface area contributed by atoms with Crippen molar-refractivity contribution < 1.29 is 14.3 Å². The van der Waals surface area contributed by atoms with Gasteiger partial charge in [-0.2, -0.15) is 0 Å². The second kappa shape index (κ2) is 11.0.